The molecule has 2 rings (SSSR count). The first kappa shape index (κ1) is 18.0. The Balaban J connectivity index is 2.97. The van der Waals surface area contributed by atoms with Crippen LogP contribution in [-0.4, -0.2) is 0 Å². The number of aryl methyl sites for hydroxylation is 4. The van der Waals surface area contributed by atoms with E-state index < -0.39 is 14.9 Å². The summed E-state index contributed by atoms with van der Waals surface area (Å²) in [5.74, 6) is 0. The van der Waals surface area contributed by atoms with Crippen molar-refractivity contribution in [1.29, 1.82) is 0 Å². The molecule has 0 unspecified atom stereocenters. The zero-order chi connectivity index (χ0) is 17.7. The van der Waals surface area contributed by atoms with Crippen LogP contribution in [0, 0.1) is 55.4 Å². The summed E-state index contributed by atoms with van der Waals surface area (Å²) in [7, 11) is 0. The Labute approximate surface area is 142 Å². The van der Waals surface area contributed by atoms with E-state index in [1.165, 1.54) is 0 Å². The molecule has 0 N–H and O–H groups in total. The van der Waals surface area contributed by atoms with Gasteiger partial charge >= 0.3 is 142 Å². The van der Waals surface area contributed by atoms with Crippen molar-refractivity contribution in [2.45, 2.75) is 55.4 Å². The summed E-state index contributed by atoms with van der Waals surface area (Å²) in [5, 5.41) is 0. The summed E-state index contributed by atoms with van der Waals surface area (Å²) in [4.78, 5) is 0. The first-order valence-electron chi connectivity index (χ1n) is 7.80. The van der Waals surface area contributed by atoms with E-state index in [1.807, 2.05) is 55.4 Å². The number of rotatable bonds is 2. The minimum absolute atomic E-state index is 0.589. The predicted molar refractivity (Wildman–Crippen MR) is 91.4 cm³/mol. The molecule has 0 saturated heterocycles. The van der Waals surface area contributed by atoms with E-state index >= 15 is 0 Å². The van der Waals surface area contributed by atoms with E-state index in [4.69, 9.17) is 0 Å². The number of hydrogen-bond donors (Lipinski definition) is 0. The molecule has 0 amide bonds. The molecular formula is C20H26O2Os. The molecule has 2 nitrogen and oxygen atoms in total. The van der Waals surface area contributed by atoms with Crippen LogP contribution >= 0.6 is 0 Å². The quantitative estimate of drug-likeness (QED) is 0.642. The van der Waals surface area contributed by atoms with Gasteiger partial charge in [-0.15, -0.1) is 0 Å². The molecule has 0 atom stereocenters. The second kappa shape index (κ2) is 5.95. The molecule has 0 radical (unpaired) electrons. The summed E-state index contributed by atoms with van der Waals surface area (Å²) in [5.41, 5.74) is 7.80. The predicted octanol–water partition coefficient (Wildman–Crippen LogP) is 3.95. The fourth-order valence-corrected chi connectivity index (χ4v) is 10.8. The topological polar surface area (TPSA) is 34.1 Å². The molecule has 0 bridgehead atoms. The molecule has 0 aliphatic carbocycles. The van der Waals surface area contributed by atoms with Crippen LogP contribution in [-0.2, 0) is 22.0 Å². The summed E-state index contributed by atoms with van der Waals surface area (Å²) in [6.07, 6.45) is 0. The van der Waals surface area contributed by atoms with Crippen molar-refractivity contribution < 1.29 is 22.0 Å². The molecule has 0 fully saturated rings. The van der Waals surface area contributed by atoms with Crippen LogP contribution in [0.25, 0.3) is 0 Å². The third-order valence-corrected chi connectivity index (χ3v) is 12.1. The van der Waals surface area contributed by atoms with Gasteiger partial charge in [0, 0.05) is 0 Å². The van der Waals surface area contributed by atoms with Gasteiger partial charge in [-0.1, -0.05) is 0 Å². The fourth-order valence-electron chi connectivity index (χ4n) is 3.10. The van der Waals surface area contributed by atoms with Crippen molar-refractivity contribution in [1.82, 2.24) is 0 Å². The monoisotopic (exact) mass is 490 g/mol. The summed E-state index contributed by atoms with van der Waals surface area (Å²) >= 11 is -4.97. The normalized spacial score (nSPS) is 12.5. The molecule has 0 saturated carbocycles. The SMILES string of the molecule is Cc1cc(C)c(C)[c]([Os](=[O])(=[O])[c]2c(C)c(C)cc(C)c2C)c1C. The first-order valence-corrected chi connectivity index (χ1v) is 12.4. The Morgan fingerprint density at radius 3 is 0.957 bits per heavy atom. The third-order valence-electron chi connectivity index (χ3n) is 4.98. The van der Waals surface area contributed by atoms with Crippen LogP contribution in [0.5, 0.6) is 0 Å². The number of benzene rings is 2. The van der Waals surface area contributed by atoms with Crippen molar-refractivity contribution in [3.8, 4) is 0 Å². The van der Waals surface area contributed by atoms with Crippen LogP contribution in [0.1, 0.15) is 44.5 Å². The molecule has 2 aromatic rings. The standard InChI is InChI=1S/2C10H13.2O.Os/c2*1-7-5-9(3)10(4)6-8(7)2;;;/h2*5H,1-4H3;;;. The van der Waals surface area contributed by atoms with Crippen LogP contribution in [0.4, 0.5) is 0 Å². The fraction of sp³-hybridized carbons (Fsp3) is 0.400. The second-order valence-corrected chi connectivity index (χ2v) is 12.2. The number of hydrogen-bond acceptors (Lipinski definition) is 2. The third kappa shape index (κ3) is 2.81. The van der Waals surface area contributed by atoms with Crippen LogP contribution < -0.4 is 8.24 Å². The van der Waals surface area contributed by atoms with Gasteiger partial charge in [-0.25, -0.2) is 0 Å². The van der Waals surface area contributed by atoms with Crippen molar-refractivity contribution in [2.75, 3.05) is 0 Å². The van der Waals surface area contributed by atoms with Crippen molar-refractivity contribution >= 4 is 8.24 Å². The zero-order valence-electron chi connectivity index (χ0n) is 15.3. The second-order valence-electron chi connectivity index (χ2n) is 6.56. The van der Waals surface area contributed by atoms with Gasteiger partial charge in [0.25, 0.3) is 0 Å². The van der Waals surface area contributed by atoms with Crippen molar-refractivity contribution in [3.05, 3.63) is 56.6 Å². The molecule has 0 aliphatic heterocycles. The van der Waals surface area contributed by atoms with Crippen LogP contribution in [0.2, 0.25) is 0 Å². The molecule has 0 aromatic heterocycles. The Morgan fingerprint density at radius 2 is 0.739 bits per heavy atom. The molecule has 23 heavy (non-hydrogen) atoms. The first-order chi connectivity index (χ1) is 10.5. The summed E-state index contributed by atoms with van der Waals surface area (Å²) < 4.78 is 28.5. The van der Waals surface area contributed by atoms with Crippen molar-refractivity contribution in [3.63, 3.8) is 0 Å². The van der Waals surface area contributed by atoms with Crippen LogP contribution in [0.15, 0.2) is 12.1 Å². The minimum atomic E-state index is -4.97. The van der Waals surface area contributed by atoms with Gasteiger partial charge in [0.05, 0.1) is 0 Å². The van der Waals surface area contributed by atoms with Gasteiger partial charge in [0.1, 0.15) is 0 Å². The summed E-state index contributed by atoms with van der Waals surface area (Å²) in [6.45, 7) is 15.7. The van der Waals surface area contributed by atoms with Gasteiger partial charge in [-0.3, -0.25) is 0 Å². The van der Waals surface area contributed by atoms with Gasteiger partial charge < -0.3 is 0 Å². The van der Waals surface area contributed by atoms with Crippen LogP contribution in [0.3, 0.4) is 0 Å². The van der Waals surface area contributed by atoms with Gasteiger partial charge in [0.2, 0.25) is 0 Å². The molecule has 3 heteroatoms. The Kier molecular flexibility index (Phi) is 4.66. The average molecular weight is 489 g/mol. The van der Waals surface area contributed by atoms with E-state index in [1.54, 1.807) is 0 Å². The molecule has 0 heterocycles. The maximum absolute atomic E-state index is 13.6. The van der Waals surface area contributed by atoms with Gasteiger partial charge in [-0.2, -0.15) is 0 Å². The van der Waals surface area contributed by atoms with E-state index in [0.29, 0.717) is 8.24 Å². The van der Waals surface area contributed by atoms with Gasteiger partial charge in [0.15, 0.2) is 0 Å². The molecular weight excluding hydrogens is 462 g/mol. The molecule has 2 aromatic carbocycles. The van der Waals surface area contributed by atoms with E-state index in [2.05, 4.69) is 12.1 Å². The Bertz CT molecular complexity index is 782. The van der Waals surface area contributed by atoms with E-state index in [0.717, 1.165) is 44.5 Å². The van der Waals surface area contributed by atoms with Gasteiger partial charge in [-0.05, 0) is 0 Å². The van der Waals surface area contributed by atoms with E-state index in [9.17, 15) is 7.08 Å². The summed E-state index contributed by atoms with van der Waals surface area (Å²) in [6, 6.07) is 4.16. The van der Waals surface area contributed by atoms with Crippen molar-refractivity contribution in [2.24, 2.45) is 0 Å². The molecule has 0 spiro atoms. The molecule has 0 aliphatic rings. The Morgan fingerprint density at radius 1 is 0.522 bits per heavy atom. The average Bonchev–Trinajstić information content (AvgIpc) is 2.43. The maximum atomic E-state index is 13.6. The van der Waals surface area contributed by atoms with E-state index in [-0.39, 0.29) is 0 Å². The molecule has 126 valence electrons. The Hall–Kier alpha value is -1.32. The zero-order valence-corrected chi connectivity index (χ0v) is 17.9.